The second kappa shape index (κ2) is 15.7. The van der Waals surface area contributed by atoms with Crippen molar-refractivity contribution in [1.29, 1.82) is 0 Å². The van der Waals surface area contributed by atoms with Crippen LogP contribution in [0.1, 0.15) is 50.8 Å². The van der Waals surface area contributed by atoms with Crippen LogP contribution in [-0.4, -0.2) is 77.8 Å². The van der Waals surface area contributed by atoms with E-state index in [0.717, 1.165) is 30.8 Å². The van der Waals surface area contributed by atoms with Gasteiger partial charge in [0.05, 0.1) is 22.6 Å². The molecule has 0 aliphatic carbocycles. The van der Waals surface area contributed by atoms with E-state index in [4.69, 9.17) is 14.6 Å². The number of benzene rings is 2. The summed E-state index contributed by atoms with van der Waals surface area (Å²) in [5, 5.41) is 8.84. The largest absolute Gasteiger partial charge is 0.493 e. The van der Waals surface area contributed by atoms with Gasteiger partial charge in [-0.3, -0.25) is 19.5 Å². The normalized spacial score (nSPS) is 14.7. The Morgan fingerprint density at radius 3 is 2.52 bits per heavy atom. The summed E-state index contributed by atoms with van der Waals surface area (Å²) in [4.78, 5) is 32.4. The van der Waals surface area contributed by atoms with Gasteiger partial charge in [-0.25, -0.2) is 0 Å². The van der Waals surface area contributed by atoms with Crippen LogP contribution >= 0.6 is 0 Å². The molecule has 0 atom stereocenters. The molecule has 1 saturated heterocycles. The van der Waals surface area contributed by atoms with Crippen molar-refractivity contribution in [1.82, 2.24) is 14.8 Å². The van der Waals surface area contributed by atoms with Gasteiger partial charge in [0.2, 0.25) is 0 Å². The molecule has 0 saturated carbocycles. The number of unbranched alkanes of at least 4 members (excludes halogenated alkanes) is 2. The van der Waals surface area contributed by atoms with Crippen LogP contribution in [0.25, 0.3) is 11.1 Å². The zero-order valence-corrected chi connectivity index (χ0v) is 22.8. The van der Waals surface area contributed by atoms with Crippen molar-refractivity contribution in [2.45, 2.75) is 38.6 Å². The summed E-state index contributed by atoms with van der Waals surface area (Å²) < 4.78 is 29.9. The van der Waals surface area contributed by atoms with Crippen LogP contribution in [0.2, 0.25) is 0 Å². The number of aliphatic carboxylic acids is 1. The summed E-state index contributed by atoms with van der Waals surface area (Å²) in [5.41, 5.74) is 2.53. The number of aromatic nitrogens is 1. The lowest BCUT2D eigenvalue weighted by atomic mass is 10.0. The SMILES string of the molecule is [2H]C([2H])(c1ccccc1OCCCCCC(=O)O)N(CCCN1CCOCC1)C(=O)c1ccc(-c2cccnc2)cc1. The third kappa shape index (κ3) is 9.17. The molecule has 4 rings (SSSR count). The Morgan fingerprint density at radius 1 is 0.975 bits per heavy atom. The van der Waals surface area contributed by atoms with Crippen LogP contribution in [0.15, 0.2) is 73.1 Å². The van der Waals surface area contributed by atoms with E-state index in [1.165, 1.54) is 4.90 Å². The summed E-state index contributed by atoms with van der Waals surface area (Å²) in [6.07, 6.45) is 6.09. The van der Waals surface area contributed by atoms with Crippen LogP contribution in [0, 0.1) is 0 Å². The number of rotatable bonds is 15. The Morgan fingerprint density at radius 2 is 1.77 bits per heavy atom. The standard InChI is InChI=1S/C32H39N3O5/c36-31(37)11-2-1-5-21-40-30-10-4-3-8-29(30)25-35(18-7-17-34-19-22-39-23-20-34)32(38)27-14-12-26(13-15-27)28-9-6-16-33-24-28/h3-4,6,8-10,12-16,24H,1-2,5,7,11,17-23,25H2,(H,36,37)/i25D2. The van der Waals surface area contributed by atoms with Crippen molar-refractivity contribution in [2.75, 3.05) is 46.0 Å². The third-order valence-corrected chi connectivity index (χ3v) is 6.77. The van der Waals surface area contributed by atoms with E-state index >= 15 is 0 Å². The fourth-order valence-electron chi connectivity index (χ4n) is 4.55. The molecule has 1 N–H and O–H groups in total. The minimum atomic E-state index is -2.15. The highest BCUT2D eigenvalue weighted by atomic mass is 16.5. The van der Waals surface area contributed by atoms with Gasteiger partial charge in [0.25, 0.3) is 5.91 Å². The molecular weight excluding hydrogens is 506 g/mol. The van der Waals surface area contributed by atoms with Crippen molar-refractivity contribution >= 4 is 11.9 Å². The number of carbonyl (C=O) groups is 2. The van der Waals surface area contributed by atoms with E-state index in [1.807, 2.05) is 24.3 Å². The molecular formula is C32H39N3O5. The van der Waals surface area contributed by atoms with Crippen LogP contribution in [0.4, 0.5) is 0 Å². The monoisotopic (exact) mass is 547 g/mol. The van der Waals surface area contributed by atoms with Gasteiger partial charge in [-0.2, -0.15) is 0 Å². The minimum absolute atomic E-state index is 0.115. The maximum absolute atomic E-state index is 13.9. The van der Waals surface area contributed by atoms with Crippen LogP contribution < -0.4 is 4.74 Å². The van der Waals surface area contributed by atoms with Gasteiger partial charge < -0.3 is 19.5 Å². The van der Waals surface area contributed by atoms with E-state index in [0.29, 0.717) is 56.8 Å². The Balaban J connectivity index is 1.52. The van der Waals surface area contributed by atoms with E-state index in [1.54, 1.807) is 48.8 Å². The lowest BCUT2D eigenvalue weighted by Gasteiger charge is -2.29. The molecule has 0 bridgehead atoms. The fourth-order valence-corrected chi connectivity index (χ4v) is 4.55. The Bertz CT molecular complexity index is 1280. The van der Waals surface area contributed by atoms with E-state index in [-0.39, 0.29) is 18.5 Å². The van der Waals surface area contributed by atoms with Crippen LogP contribution in [-0.2, 0) is 16.0 Å². The van der Waals surface area contributed by atoms with Gasteiger partial charge in [-0.15, -0.1) is 0 Å². The van der Waals surface area contributed by atoms with Gasteiger partial charge in [-0.05, 0) is 61.1 Å². The molecule has 212 valence electrons. The van der Waals surface area contributed by atoms with Gasteiger partial charge in [-0.1, -0.05) is 36.4 Å². The van der Waals surface area contributed by atoms with Crippen LogP contribution in [0.3, 0.4) is 0 Å². The Kier molecular flexibility index (Phi) is 10.4. The molecule has 8 heteroatoms. The number of carboxylic acids is 1. The van der Waals surface area contributed by atoms with Gasteiger partial charge in [0.15, 0.2) is 0 Å². The number of hydrogen-bond donors (Lipinski definition) is 1. The first-order chi connectivity index (χ1) is 20.4. The molecule has 8 nitrogen and oxygen atoms in total. The predicted molar refractivity (Wildman–Crippen MR) is 154 cm³/mol. The summed E-state index contributed by atoms with van der Waals surface area (Å²) in [7, 11) is 0. The van der Waals surface area contributed by atoms with E-state index in [2.05, 4.69) is 9.88 Å². The number of hydrogen-bond acceptors (Lipinski definition) is 6. The second-order valence-electron chi connectivity index (χ2n) is 9.74. The number of nitrogens with zero attached hydrogens (tertiary/aromatic N) is 3. The molecule has 1 fully saturated rings. The first-order valence-electron chi connectivity index (χ1n) is 14.9. The fraction of sp³-hybridized carbons (Fsp3) is 0.406. The molecule has 0 unspecified atom stereocenters. The number of para-hydroxylation sites is 1. The van der Waals surface area contributed by atoms with Crippen molar-refractivity contribution < 1.29 is 26.9 Å². The maximum atomic E-state index is 13.9. The smallest absolute Gasteiger partial charge is 0.303 e. The van der Waals surface area contributed by atoms with Crippen LogP contribution in [0.5, 0.6) is 5.75 Å². The van der Waals surface area contributed by atoms with Crippen molar-refractivity contribution in [3.8, 4) is 16.9 Å². The molecule has 3 aromatic rings. The van der Waals surface area contributed by atoms with Gasteiger partial charge in [0, 0.05) is 62.6 Å². The molecule has 2 heterocycles. The zero-order valence-electron chi connectivity index (χ0n) is 24.8. The first-order valence-corrected chi connectivity index (χ1v) is 13.9. The summed E-state index contributed by atoms with van der Waals surface area (Å²) in [6, 6.07) is 17.9. The molecule has 0 radical (unpaired) electrons. The molecule has 1 aliphatic rings. The predicted octanol–water partition coefficient (Wildman–Crippen LogP) is 5.14. The van der Waals surface area contributed by atoms with E-state index < -0.39 is 18.4 Å². The zero-order chi connectivity index (χ0) is 29.8. The quantitative estimate of drug-likeness (QED) is 0.264. The number of carboxylic acid groups (broad SMARTS) is 1. The molecule has 1 aliphatic heterocycles. The highest BCUT2D eigenvalue weighted by Crippen LogP contribution is 2.23. The number of ether oxygens (including phenoxy) is 2. The molecule has 40 heavy (non-hydrogen) atoms. The lowest BCUT2D eigenvalue weighted by Crippen LogP contribution is -2.39. The molecule has 1 amide bonds. The van der Waals surface area contributed by atoms with Gasteiger partial charge in [0.1, 0.15) is 5.75 Å². The lowest BCUT2D eigenvalue weighted by molar-refractivity contribution is -0.137. The molecule has 1 aromatic heterocycles. The molecule has 2 aromatic carbocycles. The highest BCUT2D eigenvalue weighted by Gasteiger charge is 2.19. The average molecular weight is 548 g/mol. The van der Waals surface area contributed by atoms with E-state index in [9.17, 15) is 12.3 Å². The van der Waals surface area contributed by atoms with Crippen molar-refractivity contribution in [2.24, 2.45) is 0 Å². The summed E-state index contributed by atoms with van der Waals surface area (Å²) in [5.74, 6) is -0.846. The number of carbonyl (C=O) groups excluding carboxylic acids is 1. The Labute approximate surface area is 239 Å². The third-order valence-electron chi connectivity index (χ3n) is 6.77. The summed E-state index contributed by atoms with van der Waals surface area (Å²) in [6.45, 7) is 2.12. The number of pyridine rings is 1. The maximum Gasteiger partial charge on any atom is 0.303 e. The Hall–Kier alpha value is -3.75. The number of morpholine rings is 1. The average Bonchev–Trinajstić information content (AvgIpc) is 3.01. The highest BCUT2D eigenvalue weighted by molar-refractivity contribution is 5.94. The van der Waals surface area contributed by atoms with Gasteiger partial charge >= 0.3 is 5.97 Å². The van der Waals surface area contributed by atoms with Crippen molar-refractivity contribution in [3.63, 3.8) is 0 Å². The summed E-state index contributed by atoms with van der Waals surface area (Å²) >= 11 is 0. The first kappa shape index (κ1) is 26.5. The topological polar surface area (TPSA) is 92.2 Å². The minimum Gasteiger partial charge on any atom is -0.493 e. The van der Waals surface area contributed by atoms with Crippen molar-refractivity contribution in [3.05, 3.63) is 84.2 Å². The molecule has 0 spiro atoms. The number of amides is 1. The second-order valence-corrected chi connectivity index (χ2v) is 9.74.